The van der Waals surface area contributed by atoms with Crippen LogP contribution >= 0.6 is 0 Å². The Morgan fingerprint density at radius 3 is 1.46 bits per heavy atom. The van der Waals surface area contributed by atoms with Crippen molar-refractivity contribution in [3.05, 3.63) is 59.4 Å². The van der Waals surface area contributed by atoms with E-state index in [0.717, 1.165) is 11.8 Å². The first-order valence-electron chi connectivity index (χ1n) is 13.6. The molecule has 196 valence electrons. The molecule has 35 heavy (non-hydrogen) atoms. The zero-order valence-electron chi connectivity index (χ0n) is 23.2. The third-order valence-corrected chi connectivity index (χ3v) is 9.46. The number of halogens is 2. The van der Waals surface area contributed by atoms with Crippen molar-refractivity contribution in [2.75, 3.05) is 0 Å². The molecule has 2 atom stereocenters. The van der Waals surface area contributed by atoms with Crippen molar-refractivity contribution in [3.63, 3.8) is 0 Å². The molecule has 5 aliphatic carbocycles. The zero-order chi connectivity index (χ0) is 24.1. The molecule has 0 amide bonds. The summed E-state index contributed by atoms with van der Waals surface area (Å²) in [6, 6.07) is 0. The molecule has 0 aromatic rings. The van der Waals surface area contributed by atoms with E-state index >= 15 is 0 Å². The van der Waals surface area contributed by atoms with Gasteiger partial charge in [-0.2, -0.15) is 47.3 Å². The van der Waals surface area contributed by atoms with E-state index in [1.165, 1.54) is 81.8 Å². The minimum absolute atomic E-state index is 0. The molecule has 1 fully saturated rings. The van der Waals surface area contributed by atoms with Crippen LogP contribution in [0.4, 0.5) is 0 Å². The van der Waals surface area contributed by atoms with Gasteiger partial charge in [-0.15, -0.1) is 12.2 Å². The summed E-state index contributed by atoms with van der Waals surface area (Å²) in [5.74, 6) is 1.51. The first kappa shape index (κ1) is 33.1. The van der Waals surface area contributed by atoms with Crippen LogP contribution in [0.1, 0.15) is 112 Å². The Bertz CT molecular complexity index is 759. The molecule has 0 bridgehead atoms. The molecule has 2 unspecified atom stereocenters. The van der Waals surface area contributed by atoms with Crippen LogP contribution in [0.15, 0.2) is 46.6 Å². The zero-order valence-corrected chi connectivity index (χ0v) is 27.1. The molecule has 0 spiro atoms. The predicted molar refractivity (Wildman–Crippen MR) is 143 cm³/mol. The number of hydrogen-bond donors (Lipinski definition) is 0. The van der Waals surface area contributed by atoms with Crippen LogP contribution in [0, 0.1) is 35.5 Å². The molecular formula is C32H48Cl2Zr-2. The normalized spacial score (nSPS) is 27.7. The summed E-state index contributed by atoms with van der Waals surface area (Å²) >= 11 is 1.69. The molecule has 0 aliphatic heterocycles. The summed E-state index contributed by atoms with van der Waals surface area (Å²) in [6.07, 6.45) is 29.2. The van der Waals surface area contributed by atoms with E-state index in [-0.39, 0.29) is 24.8 Å². The van der Waals surface area contributed by atoms with Crippen molar-refractivity contribution in [1.82, 2.24) is 0 Å². The summed E-state index contributed by atoms with van der Waals surface area (Å²) in [5, 5.41) is 0. The fraction of sp³-hybridized carbons (Fsp3) is 0.656. The second-order valence-electron chi connectivity index (χ2n) is 12.4. The van der Waals surface area contributed by atoms with Crippen molar-refractivity contribution < 1.29 is 49.0 Å². The van der Waals surface area contributed by atoms with Crippen molar-refractivity contribution in [1.29, 1.82) is 0 Å². The van der Waals surface area contributed by atoms with Gasteiger partial charge in [0.25, 0.3) is 0 Å². The van der Waals surface area contributed by atoms with E-state index in [1.807, 2.05) is 0 Å². The van der Waals surface area contributed by atoms with Crippen LogP contribution in [0.25, 0.3) is 0 Å². The average Bonchev–Trinajstić information content (AvgIpc) is 3.25. The molecule has 5 rings (SSSR count). The third-order valence-electron chi connectivity index (χ3n) is 8.24. The Morgan fingerprint density at radius 2 is 1.11 bits per heavy atom. The van der Waals surface area contributed by atoms with Gasteiger partial charge in [0.15, 0.2) is 0 Å². The van der Waals surface area contributed by atoms with Crippen LogP contribution in [0.2, 0.25) is 0 Å². The molecule has 0 aromatic carbocycles. The molecule has 1 saturated carbocycles. The standard InChI is InChI=1S/2C13H19.C6H10.2ClH.Zr/c2*1-10-8-11-6-4-5-7-13(2,3)12(11)9-10;1-2-4-6-5-3-1;;;/h2*4,6,8,10H,5,7,9H2,1-3H3;1-5H2;2*1H;/q2*-1;;;;+2/p-2. The van der Waals surface area contributed by atoms with E-state index in [2.05, 4.69) is 78.7 Å². The van der Waals surface area contributed by atoms with Crippen LogP contribution < -0.4 is 24.8 Å². The number of rotatable bonds is 0. The first-order chi connectivity index (χ1) is 15.6. The minimum atomic E-state index is 0. The topological polar surface area (TPSA) is 0 Å². The van der Waals surface area contributed by atoms with Crippen LogP contribution in [-0.2, 0) is 24.2 Å². The number of hydrogen-bond acceptors (Lipinski definition) is 0. The Balaban J connectivity index is 0.000000266. The van der Waals surface area contributed by atoms with Crippen molar-refractivity contribution >= 4 is 3.21 Å². The van der Waals surface area contributed by atoms with Crippen LogP contribution in [0.5, 0.6) is 0 Å². The van der Waals surface area contributed by atoms with Gasteiger partial charge in [0.1, 0.15) is 0 Å². The Hall–Kier alpha value is 0.0331. The molecule has 3 heteroatoms. The Labute approximate surface area is 245 Å². The van der Waals surface area contributed by atoms with Gasteiger partial charge in [0.2, 0.25) is 0 Å². The molecule has 5 aliphatic rings. The molecule has 0 saturated heterocycles. The van der Waals surface area contributed by atoms with E-state index < -0.39 is 0 Å². The van der Waals surface area contributed by atoms with Crippen molar-refractivity contribution in [2.45, 2.75) is 112 Å². The maximum absolute atomic E-state index is 2.43. The van der Waals surface area contributed by atoms with Crippen molar-refractivity contribution in [3.8, 4) is 0 Å². The van der Waals surface area contributed by atoms with Gasteiger partial charge in [0, 0.05) is 0 Å². The van der Waals surface area contributed by atoms with Gasteiger partial charge < -0.3 is 24.8 Å². The summed E-state index contributed by atoms with van der Waals surface area (Å²) in [6.45, 7) is 14.2. The monoisotopic (exact) mass is 592 g/mol. The van der Waals surface area contributed by atoms with Gasteiger partial charge in [-0.1, -0.05) is 89.9 Å². The summed E-state index contributed by atoms with van der Waals surface area (Å²) in [5.41, 5.74) is 7.28. The molecule has 0 N–H and O–H groups in total. The van der Waals surface area contributed by atoms with Crippen LogP contribution in [-0.4, -0.2) is 3.21 Å². The van der Waals surface area contributed by atoms with Gasteiger partial charge in [0.05, 0.1) is 0 Å². The van der Waals surface area contributed by atoms with Gasteiger partial charge in [-0.3, -0.25) is 0 Å². The Morgan fingerprint density at radius 1 is 0.714 bits per heavy atom. The first-order valence-corrected chi connectivity index (χ1v) is 14.9. The Kier molecular flexibility index (Phi) is 14.0. The fourth-order valence-electron chi connectivity index (χ4n) is 6.05. The molecule has 0 heterocycles. The third kappa shape index (κ3) is 9.69. The van der Waals surface area contributed by atoms with E-state index in [9.17, 15) is 0 Å². The SMILES string of the molecule is CC1[CH-]C2=C(C1)C(C)(C)CCC=C2.CC1[CH-]C2=C(C1)C(C)(C)CCC=C2.[Cl-].[Cl-].[Zr+2]=[C]1CCCCC1. The van der Waals surface area contributed by atoms with E-state index in [0.29, 0.717) is 10.8 Å². The summed E-state index contributed by atoms with van der Waals surface area (Å²) in [7, 11) is 0. The van der Waals surface area contributed by atoms with Crippen LogP contribution in [0.3, 0.4) is 0 Å². The molecule has 0 radical (unpaired) electrons. The summed E-state index contributed by atoms with van der Waals surface area (Å²) in [4.78, 5) is 0. The quantitative estimate of drug-likeness (QED) is 0.377. The van der Waals surface area contributed by atoms with Gasteiger partial charge >= 0.3 is 59.5 Å². The molecular weight excluding hydrogens is 546 g/mol. The van der Waals surface area contributed by atoms with Gasteiger partial charge in [-0.05, 0) is 12.8 Å². The van der Waals surface area contributed by atoms with E-state index in [4.69, 9.17) is 0 Å². The predicted octanol–water partition coefficient (Wildman–Crippen LogP) is 3.48. The molecule has 0 nitrogen and oxygen atoms in total. The van der Waals surface area contributed by atoms with E-state index in [1.54, 1.807) is 38.6 Å². The second kappa shape index (κ2) is 14.8. The summed E-state index contributed by atoms with van der Waals surface area (Å²) < 4.78 is 1.80. The van der Waals surface area contributed by atoms with Crippen molar-refractivity contribution in [2.24, 2.45) is 22.7 Å². The second-order valence-corrected chi connectivity index (χ2v) is 14.1. The number of allylic oxidation sites excluding steroid dienone is 8. The fourth-order valence-corrected chi connectivity index (χ4v) is 6.92. The maximum atomic E-state index is 2.43. The molecule has 0 aromatic heterocycles. The van der Waals surface area contributed by atoms with Gasteiger partial charge in [-0.25, -0.2) is 0 Å². The average molecular weight is 595 g/mol.